The zero-order valence-corrected chi connectivity index (χ0v) is 15.9. The molecule has 160 valence electrons. The lowest BCUT2D eigenvalue weighted by atomic mass is 9.81. The molecule has 31 heavy (non-hydrogen) atoms. The molecule has 0 saturated heterocycles. The Morgan fingerprint density at radius 1 is 1.06 bits per heavy atom. The van der Waals surface area contributed by atoms with Crippen molar-refractivity contribution in [1.82, 2.24) is 10.3 Å². The van der Waals surface area contributed by atoms with Crippen LogP contribution >= 0.6 is 0 Å². The zero-order valence-electron chi connectivity index (χ0n) is 15.9. The van der Waals surface area contributed by atoms with Crippen LogP contribution in [0.5, 0.6) is 11.5 Å². The fourth-order valence-electron chi connectivity index (χ4n) is 3.54. The van der Waals surface area contributed by atoms with E-state index in [0.29, 0.717) is 17.0 Å². The van der Waals surface area contributed by atoms with Crippen molar-refractivity contribution in [3.63, 3.8) is 0 Å². The molecule has 0 bridgehead atoms. The molecular weight excluding hydrogens is 416 g/mol. The molecule has 2 aromatic carbocycles. The maximum Gasteiger partial charge on any atom is 0.573 e. The first kappa shape index (κ1) is 20.6. The van der Waals surface area contributed by atoms with Gasteiger partial charge >= 0.3 is 6.36 Å². The number of nitrogens with zero attached hydrogens (tertiary/aromatic N) is 1. The molecule has 1 aliphatic heterocycles. The minimum atomic E-state index is -4.82. The van der Waals surface area contributed by atoms with Crippen molar-refractivity contribution in [2.45, 2.75) is 18.3 Å². The van der Waals surface area contributed by atoms with E-state index in [2.05, 4.69) is 15.0 Å². The molecule has 5 nitrogen and oxygen atoms in total. The number of halogens is 4. The van der Waals surface area contributed by atoms with Crippen LogP contribution < -0.4 is 14.8 Å². The van der Waals surface area contributed by atoms with Crippen LogP contribution in [0.15, 0.2) is 66.9 Å². The highest BCUT2D eigenvalue weighted by Gasteiger charge is 2.42. The molecule has 0 unspecified atom stereocenters. The molecular formula is C22H16F4N2O3. The van der Waals surface area contributed by atoms with Gasteiger partial charge in [-0.3, -0.25) is 9.78 Å². The number of nitrogens with one attached hydrogen (secondary N) is 1. The van der Waals surface area contributed by atoms with Crippen LogP contribution in [-0.2, 0) is 5.54 Å². The highest BCUT2D eigenvalue weighted by Crippen LogP contribution is 2.41. The van der Waals surface area contributed by atoms with Crippen molar-refractivity contribution in [3.8, 4) is 11.5 Å². The summed E-state index contributed by atoms with van der Waals surface area (Å²) in [4.78, 5) is 17.4. The Labute approximate surface area is 174 Å². The standard InChI is InChI=1S/C22H16F4N2O3/c23-16-7-3-14(4-8-16)20(29)28-21(11-13-30-18-2-1-12-27-19(18)21)15-5-9-17(10-6-15)31-22(24,25)26/h1-10,12H,11,13H2,(H,28,29)/t21-/m1/s1. The fraction of sp³-hybridized carbons (Fsp3) is 0.182. The van der Waals surface area contributed by atoms with Crippen molar-refractivity contribution >= 4 is 5.91 Å². The number of amides is 1. The Balaban J connectivity index is 1.76. The van der Waals surface area contributed by atoms with E-state index in [1.165, 1.54) is 54.7 Å². The number of ether oxygens (including phenoxy) is 2. The maximum absolute atomic E-state index is 13.3. The molecule has 1 amide bonds. The Kier molecular flexibility index (Phi) is 5.26. The molecule has 1 aromatic heterocycles. The van der Waals surface area contributed by atoms with Crippen molar-refractivity contribution in [1.29, 1.82) is 0 Å². The van der Waals surface area contributed by atoms with Gasteiger partial charge in [0.2, 0.25) is 0 Å². The lowest BCUT2D eigenvalue weighted by Crippen LogP contribution is -2.50. The Hall–Kier alpha value is -3.62. The fourth-order valence-corrected chi connectivity index (χ4v) is 3.54. The number of hydrogen-bond acceptors (Lipinski definition) is 4. The summed E-state index contributed by atoms with van der Waals surface area (Å²) in [6, 6.07) is 13.6. The Morgan fingerprint density at radius 2 is 1.77 bits per heavy atom. The van der Waals surface area contributed by atoms with Crippen molar-refractivity contribution in [2.75, 3.05) is 6.61 Å². The highest BCUT2D eigenvalue weighted by molar-refractivity contribution is 5.95. The van der Waals surface area contributed by atoms with Gasteiger partial charge in [-0.15, -0.1) is 13.2 Å². The summed E-state index contributed by atoms with van der Waals surface area (Å²) in [5, 5.41) is 2.94. The van der Waals surface area contributed by atoms with Crippen LogP contribution in [0.25, 0.3) is 0 Å². The lowest BCUT2D eigenvalue weighted by molar-refractivity contribution is -0.274. The molecule has 3 aromatic rings. The molecule has 0 saturated carbocycles. The van der Waals surface area contributed by atoms with Gasteiger partial charge in [0.15, 0.2) is 0 Å². The van der Waals surface area contributed by atoms with Crippen molar-refractivity contribution in [3.05, 3.63) is 89.5 Å². The number of pyridine rings is 1. The smallest absolute Gasteiger partial charge is 0.491 e. The Morgan fingerprint density at radius 3 is 2.45 bits per heavy atom. The summed E-state index contributed by atoms with van der Waals surface area (Å²) in [6.07, 6.45) is -3.00. The first-order valence-corrected chi connectivity index (χ1v) is 9.29. The molecule has 2 heterocycles. The third-order valence-corrected chi connectivity index (χ3v) is 4.92. The van der Waals surface area contributed by atoms with Gasteiger partial charge in [0, 0.05) is 18.2 Å². The normalized spacial score (nSPS) is 17.9. The average molecular weight is 432 g/mol. The van der Waals surface area contributed by atoms with E-state index in [1.54, 1.807) is 12.1 Å². The summed E-state index contributed by atoms with van der Waals surface area (Å²) < 4.78 is 60.4. The summed E-state index contributed by atoms with van der Waals surface area (Å²) in [6.45, 7) is 0.239. The summed E-state index contributed by atoms with van der Waals surface area (Å²) in [7, 11) is 0. The Bertz CT molecular complexity index is 1090. The van der Waals surface area contributed by atoms with Crippen LogP contribution in [0.4, 0.5) is 17.6 Å². The second-order valence-electron chi connectivity index (χ2n) is 6.89. The van der Waals surface area contributed by atoms with Gasteiger partial charge in [0.05, 0.1) is 6.61 Å². The molecule has 1 N–H and O–H groups in total. The quantitative estimate of drug-likeness (QED) is 0.614. The number of aromatic nitrogens is 1. The highest BCUT2D eigenvalue weighted by atomic mass is 19.4. The van der Waals surface area contributed by atoms with E-state index in [1.807, 2.05) is 0 Å². The molecule has 0 spiro atoms. The molecule has 9 heteroatoms. The SMILES string of the molecule is O=C(N[C@@]1(c2ccc(OC(F)(F)F)cc2)CCOc2cccnc21)c1ccc(F)cc1. The van der Waals surface area contributed by atoms with E-state index in [-0.39, 0.29) is 24.3 Å². The predicted octanol–water partition coefficient (Wildman–Crippen LogP) is 4.58. The minimum absolute atomic E-state index is 0.224. The van der Waals surface area contributed by atoms with Crippen LogP contribution in [0.2, 0.25) is 0 Å². The monoisotopic (exact) mass is 432 g/mol. The zero-order chi connectivity index (χ0) is 22.1. The molecule has 4 rings (SSSR count). The van der Waals surface area contributed by atoms with Gasteiger partial charge in [0.25, 0.3) is 5.91 Å². The topological polar surface area (TPSA) is 60.5 Å². The molecule has 0 aliphatic carbocycles. The lowest BCUT2D eigenvalue weighted by Gasteiger charge is -2.39. The van der Waals surface area contributed by atoms with Gasteiger partial charge in [0.1, 0.15) is 28.5 Å². The van der Waals surface area contributed by atoms with Crippen LogP contribution in [0.3, 0.4) is 0 Å². The van der Waals surface area contributed by atoms with Crippen LogP contribution in [-0.4, -0.2) is 23.9 Å². The number of carbonyl (C=O) groups excluding carboxylic acids is 1. The van der Waals surface area contributed by atoms with Gasteiger partial charge in [-0.1, -0.05) is 12.1 Å². The van der Waals surface area contributed by atoms with Crippen LogP contribution in [0, 0.1) is 5.82 Å². The first-order valence-electron chi connectivity index (χ1n) is 9.29. The number of benzene rings is 2. The summed E-state index contributed by atoms with van der Waals surface area (Å²) in [5.41, 5.74) is -0.0272. The second kappa shape index (κ2) is 7.90. The minimum Gasteiger partial charge on any atom is -0.491 e. The van der Waals surface area contributed by atoms with Gasteiger partial charge in [-0.2, -0.15) is 0 Å². The van der Waals surface area contributed by atoms with Crippen molar-refractivity contribution < 1.29 is 31.8 Å². The molecule has 0 radical (unpaired) electrons. The van der Waals surface area contributed by atoms with Gasteiger partial charge < -0.3 is 14.8 Å². The van der Waals surface area contributed by atoms with E-state index in [4.69, 9.17) is 4.74 Å². The van der Waals surface area contributed by atoms with Gasteiger partial charge in [-0.25, -0.2) is 4.39 Å². The van der Waals surface area contributed by atoms with E-state index in [0.717, 1.165) is 0 Å². The molecule has 1 aliphatic rings. The summed E-state index contributed by atoms with van der Waals surface area (Å²) in [5.74, 6) is -0.910. The number of hydrogen-bond donors (Lipinski definition) is 1. The van der Waals surface area contributed by atoms with E-state index < -0.39 is 23.6 Å². The van der Waals surface area contributed by atoms with Crippen molar-refractivity contribution in [2.24, 2.45) is 0 Å². The number of alkyl halides is 3. The first-order chi connectivity index (χ1) is 14.8. The molecule has 1 atom stereocenters. The average Bonchev–Trinajstić information content (AvgIpc) is 2.74. The van der Waals surface area contributed by atoms with Gasteiger partial charge in [-0.05, 0) is 54.1 Å². The largest absolute Gasteiger partial charge is 0.573 e. The third-order valence-electron chi connectivity index (χ3n) is 4.92. The number of rotatable bonds is 4. The van der Waals surface area contributed by atoms with Crippen LogP contribution in [0.1, 0.15) is 28.0 Å². The maximum atomic E-state index is 13.3. The third kappa shape index (κ3) is 4.30. The van der Waals surface area contributed by atoms with E-state index >= 15 is 0 Å². The number of carbonyl (C=O) groups is 1. The number of fused-ring (bicyclic) bond motifs is 1. The second-order valence-corrected chi connectivity index (χ2v) is 6.89. The predicted molar refractivity (Wildman–Crippen MR) is 102 cm³/mol. The van der Waals surface area contributed by atoms with E-state index in [9.17, 15) is 22.4 Å². The molecule has 0 fully saturated rings. The summed E-state index contributed by atoms with van der Waals surface area (Å²) >= 11 is 0.